The second-order valence-electron chi connectivity index (χ2n) is 3.90. The Bertz CT molecular complexity index is 297. The molecule has 1 aromatic rings. The van der Waals surface area contributed by atoms with Gasteiger partial charge < -0.3 is 5.73 Å². The fourth-order valence-electron chi connectivity index (χ4n) is 2.04. The van der Waals surface area contributed by atoms with Gasteiger partial charge in [-0.25, -0.2) is 0 Å². The van der Waals surface area contributed by atoms with Gasteiger partial charge in [-0.05, 0) is 43.9 Å². The van der Waals surface area contributed by atoms with Crippen LogP contribution in [-0.2, 0) is 0 Å². The van der Waals surface area contributed by atoms with E-state index in [-0.39, 0.29) is 12.7 Å². The van der Waals surface area contributed by atoms with Crippen molar-refractivity contribution in [2.24, 2.45) is 5.73 Å². The van der Waals surface area contributed by atoms with Crippen LogP contribution in [0.15, 0.2) is 12.1 Å². The molecule has 0 heterocycles. The first kappa shape index (κ1) is 11.2. The van der Waals surface area contributed by atoms with Crippen molar-refractivity contribution in [2.75, 3.05) is 6.67 Å². The third-order valence-electron chi connectivity index (χ3n) is 2.53. The van der Waals surface area contributed by atoms with Crippen LogP contribution >= 0.6 is 0 Å². The molecule has 0 unspecified atom stereocenters. The first-order valence-electron chi connectivity index (χ1n) is 4.95. The molecule has 0 aliphatic carbocycles. The van der Waals surface area contributed by atoms with E-state index < -0.39 is 0 Å². The van der Waals surface area contributed by atoms with Gasteiger partial charge in [0.1, 0.15) is 0 Å². The SMILES string of the molecule is Cc1cc(C)c([C@H](N)CCF)c(C)c1. The molecular formula is C12H18FN. The van der Waals surface area contributed by atoms with Gasteiger partial charge in [0, 0.05) is 6.04 Å². The van der Waals surface area contributed by atoms with Crippen LogP contribution in [0.25, 0.3) is 0 Å². The summed E-state index contributed by atoms with van der Waals surface area (Å²) in [6.45, 7) is 5.78. The molecule has 0 amide bonds. The lowest BCUT2D eigenvalue weighted by Gasteiger charge is -2.17. The van der Waals surface area contributed by atoms with E-state index in [0.717, 1.165) is 5.56 Å². The molecule has 1 rings (SSSR count). The minimum absolute atomic E-state index is 0.166. The van der Waals surface area contributed by atoms with Crippen LogP contribution < -0.4 is 5.73 Å². The highest BCUT2D eigenvalue weighted by atomic mass is 19.1. The molecule has 2 N–H and O–H groups in total. The molecule has 0 aliphatic rings. The molecule has 78 valence electrons. The Labute approximate surface area is 85.1 Å². The summed E-state index contributed by atoms with van der Waals surface area (Å²) in [5.74, 6) is 0. The summed E-state index contributed by atoms with van der Waals surface area (Å²) in [7, 11) is 0. The number of nitrogens with two attached hydrogens (primary N) is 1. The highest BCUT2D eigenvalue weighted by Gasteiger charge is 2.11. The third-order valence-corrected chi connectivity index (χ3v) is 2.53. The average molecular weight is 195 g/mol. The molecule has 0 aromatic heterocycles. The quantitative estimate of drug-likeness (QED) is 0.788. The van der Waals surface area contributed by atoms with Crippen molar-refractivity contribution in [2.45, 2.75) is 33.2 Å². The Morgan fingerprint density at radius 1 is 1.21 bits per heavy atom. The maximum atomic E-state index is 12.2. The van der Waals surface area contributed by atoms with Crippen LogP contribution in [0.2, 0.25) is 0 Å². The Balaban J connectivity index is 3.07. The first-order valence-corrected chi connectivity index (χ1v) is 4.95. The molecule has 0 spiro atoms. The average Bonchev–Trinajstić information content (AvgIpc) is 2.01. The first-order chi connectivity index (χ1) is 6.56. The van der Waals surface area contributed by atoms with E-state index in [9.17, 15) is 4.39 Å². The van der Waals surface area contributed by atoms with E-state index in [1.165, 1.54) is 16.7 Å². The number of rotatable bonds is 3. The van der Waals surface area contributed by atoms with Gasteiger partial charge in [0.2, 0.25) is 0 Å². The molecule has 14 heavy (non-hydrogen) atoms. The molecule has 0 saturated carbocycles. The van der Waals surface area contributed by atoms with Gasteiger partial charge >= 0.3 is 0 Å². The fraction of sp³-hybridized carbons (Fsp3) is 0.500. The van der Waals surface area contributed by atoms with E-state index in [1.807, 2.05) is 13.8 Å². The molecule has 1 nitrogen and oxygen atoms in total. The number of hydrogen-bond acceptors (Lipinski definition) is 1. The Morgan fingerprint density at radius 2 is 1.71 bits per heavy atom. The topological polar surface area (TPSA) is 26.0 Å². The number of halogens is 1. The van der Waals surface area contributed by atoms with Crippen molar-refractivity contribution in [1.82, 2.24) is 0 Å². The highest BCUT2D eigenvalue weighted by Crippen LogP contribution is 2.23. The Hall–Kier alpha value is -0.890. The zero-order valence-electron chi connectivity index (χ0n) is 9.10. The van der Waals surface area contributed by atoms with Gasteiger partial charge in [-0.3, -0.25) is 4.39 Å². The van der Waals surface area contributed by atoms with Gasteiger partial charge in [-0.2, -0.15) is 0 Å². The number of aryl methyl sites for hydroxylation is 3. The summed E-state index contributed by atoms with van der Waals surface area (Å²) >= 11 is 0. The molecule has 0 saturated heterocycles. The van der Waals surface area contributed by atoms with Gasteiger partial charge in [0.15, 0.2) is 0 Å². The maximum Gasteiger partial charge on any atom is 0.0912 e. The van der Waals surface area contributed by atoms with Crippen LogP contribution in [0.4, 0.5) is 4.39 Å². The van der Waals surface area contributed by atoms with E-state index in [0.29, 0.717) is 6.42 Å². The Morgan fingerprint density at radius 3 is 2.14 bits per heavy atom. The standard InChI is InChI=1S/C12H18FN/c1-8-6-9(2)12(10(3)7-8)11(14)4-5-13/h6-7,11H,4-5,14H2,1-3H3/t11-/m1/s1. The summed E-state index contributed by atoms with van der Waals surface area (Å²) in [6.07, 6.45) is 0.407. The fourth-order valence-corrected chi connectivity index (χ4v) is 2.04. The lowest BCUT2D eigenvalue weighted by molar-refractivity contribution is 0.441. The smallest absolute Gasteiger partial charge is 0.0912 e. The number of alkyl halides is 1. The van der Waals surface area contributed by atoms with Gasteiger partial charge in [-0.15, -0.1) is 0 Å². The van der Waals surface area contributed by atoms with E-state index in [4.69, 9.17) is 5.73 Å². The summed E-state index contributed by atoms with van der Waals surface area (Å²) < 4.78 is 12.2. The summed E-state index contributed by atoms with van der Waals surface area (Å²) in [6, 6.07) is 4.03. The van der Waals surface area contributed by atoms with Crippen molar-refractivity contribution in [3.8, 4) is 0 Å². The largest absolute Gasteiger partial charge is 0.324 e. The molecular weight excluding hydrogens is 177 g/mol. The zero-order chi connectivity index (χ0) is 10.7. The van der Waals surface area contributed by atoms with Crippen molar-refractivity contribution in [3.63, 3.8) is 0 Å². The molecule has 0 aliphatic heterocycles. The predicted molar refractivity (Wildman–Crippen MR) is 58.2 cm³/mol. The van der Waals surface area contributed by atoms with Gasteiger partial charge in [0.05, 0.1) is 6.67 Å². The van der Waals surface area contributed by atoms with Gasteiger partial charge in [0.25, 0.3) is 0 Å². The third kappa shape index (κ3) is 2.32. The second-order valence-corrected chi connectivity index (χ2v) is 3.90. The molecule has 1 aromatic carbocycles. The van der Waals surface area contributed by atoms with E-state index >= 15 is 0 Å². The summed E-state index contributed by atoms with van der Waals surface area (Å²) in [5, 5.41) is 0. The van der Waals surface area contributed by atoms with Crippen LogP contribution in [-0.4, -0.2) is 6.67 Å². The van der Waals surface area contributed by atoms with E-state index in [1.54, 1.807) is 0 Å². The predicted octanol–water partition coefficient (Wildman–Crippen LogP) is 2.97. The van der Waals surface area contributed by atoms with Crippen LogP contribution in [0, 0.1) is 20.8 Å². The minimum Gasteiger partial charge on any atom is -0.324 e. The van der Waals surface area contributed by atoms with Gasteiger partial charge in [-0.1, -0.05) is 17.7 Å². The number of benzene rings is 1. The number of hydrogen-bond donors (Lipinski definition) is 1. The maximum absolute atomic E-state index is 12.2. The normalized spacial score (nSPS) is 12.9. The van der Waals surface area contributed by atoms with Crippen molar-refractivity contribution in [3.05, 3.63) is 34.4 Å². The van der Waals surface area contributed by atoms with Crippen molar-refractivity contribution < 1.29 is 4.39 Å². The van der Waals surface area contributed by atoms with E-state index in [2.05, 4.69) is 19.1 Å². The molecule has 1 atom stereocenters. The molecule has 0 fully saturated rings. The molecule has 0 radical (unpaired) electrons. The lowest BCUT2D eigenvalue weighted by atomic mass is 9.93. The minimum atomic E-state index is -0.353. The summed E-state index contributed by atoms with van der Waals surface area (Å²) in [5.41, 5.74) is 10.6. The Kier molecular flexibility index (Phi) is 3.64. The molecule has 0 bridgehead atoms. The van der Waals surface area contributed by atoms with Crippen molar-refractivity contribution in [1.29, 1.82) is 0 Å². The molecule has 2 heteroatoms. The highest BCUT2D eigenvalue weighted by molar-refractivity contribution is 5.39. The van der Waals surface area contributed by atoms with Crippen LogP contribution in [0.1, 0.15) is 34.7 Å². The van der Waals surface area contributed by atoms with Crippen molar-refractivity contribution >= 4 is 0 Å². The van der Waals surface area contributed by atoms with Crippen LogP contribution in [0.3, 0.4) is 0 Å². The lowest BCUT2D eigenvalue weighted by Crippen LogP contribution is -2.14. The summed E-state index contributed by atoms with van der Waals surface area (Å²) in [4.78, 5) is 0. The van der Waals surface area contributed by atoms with Crippen LogP contribution in [0.5, 0.6) is 0 Å². The monoisotopic (exact) mass is 195 g/mol. The zero-order valence-corrected chi connectivity index (χ0v) is 9.10. The second kappa shape index (κ2) is 4.56.